The normalized spacial score (nSPS) is 24.8. The summed E-state index contributed by atoms with van der Waals surface area (Å²) in [6, 6.07) is 3.24. The van der Waals surface area contributed by atoms with Crippen molar-refractivity contribution in [2.24, 2.45) is 26.6 Å². The number of carbonyl (C=O) groups excluding carboxylic acids is 1. The van der Waals surface area contributed by atoms with Gasteiger partial charge in [-0.1, -0.05) is 0 Å². The fourth-order valence-corrected chi connectivity index (χ4v) is 3.87. The van der Waals surface area contributed by atoms with Crippen molar-refractivity contribution in [3.63, 3.8) is 0 Å². The third-order valence-corrected chi connectivity index (χ3v) is 5.62. The summed E-state index contributed by atoms with van der Waals surface area (Å²) in [7, 11) is 0. The number of benzene rings is 1. The molecular weight excluding hydrogens is 493 g/mol. The van der Waals surface area contributed by atoms with Crippen molar-refractivity contribution in [1.82, 2.24) is 0 Å². The molecule has 3 rings (SSSR count). The van der Waals surface area contributed by atoms with Crippen molar-refractivity contribution in [3.05, 3.63) is 41.7 Å². The van der Waals surface area contributed by atoms with E-state index in [1.165, 1.54) is 19.1 Å². The van der Waals surface area contributed by atoms with Gasteiger partial charge in [0.2, 0.25) is 5.88 Å². The van der Waals surface area contributed by atoms with Gasteiger partial charge in [0.05, 0.1) is 25.3 Å². The van der Waals surface area contributed by atoms with Crippen LogP contribution in [-0.4, -0.2) is 63.1 Å². The number of ether oxygens (including phenoxy) is 3. The second-order valence-corrected chi connectivity index (χ2v) is 8.03. The first kappa shape index (κ1) is 27.0. The third-order valence-electron chi connectivity index (χ3n) is 5.62. The molecule has 1 amide bonds. The monoisotopic (exact) mass is 517 g/mol. The van der Waals surface area contributed by atoms with E-state index < -0.39 is 54.6 Å². The van der Waals surface area contributed by atoms with E-state index in [-0.39, 0.29) is 29.6 Å². The van der Waals surface area contributed by atoms with Crippen LogP contribution in [0.2, 0.25) is 0 Å². The van der Waals surface area contributed by atoms with E-state index in [4.69, 9.17) is 15.2 Å². The zero-order valence-corrected chi connectivity index (χ0v) is 19.1. The molecule has 0 unspecified atom stereocenters. The van der Waals surface area contributed by atoms with Gasteiger partial charge in [-0.25, -0.2) is 18.8 Å². The van der Waals surface area contributed by atoms with Crippen LogP contribution in [0.5, 0.6) is 0 Å². The number of alkyl halides is 4. The molecule has 9 nitrogen and oxygen atoms in total. The van der Waals surface area contributed by atoms with Crippen LogP contribution in [0.3, 0.4) is 0 Å². The molecule has 1 aromatic carbocycles. The Morgan fingerprint density at radius 2 is 2.19 bits per heavy atom. The average molecular weight is 517 g/mol. The summed E-state index contributed by atoms with van der Waals surface area (Å²) in [4.78, 5) is 23.6. The minimum Gasteiger partial charge on any atom is -0.467 e. The van der Waals surface area contributed by atoms with E-state index >= 15 is 0 Å². The molecule has 2 aliphatic rings. The summed E-state index contributed by atoms with van der Waals surface area (Å²) in [5, 5.41) is 2.47. The first-order valence-electron chi connectivity index (χ1n) is 10.7. The summed E-state index contributed by atoms with van der Waals surface area (Å²) < 4.78 is 81.8. The second-order valence-electron chi connectivity index (χ2n) is 8.03. The lowest BCUT2D eigenvalue weighted by Crippen LogP contribution is -2.54. The molecule has 0 radical (unpaired) electrons. The molecule has 0 spiro atoms. The molecule has 3 N–H and O–H groups in total. The number of nitrogens with zero attached hydrogens (tertiary/aromatic N) is 3. The molecule has 0 saturated carbocycles. The van der Waals surface area contributed by atoms with Gasteiger partial charge in [0.25, 0.3) is 11.9 Å². The quantitative estimate of drug-likeness (QED) is 0.312. The highest BCUT2D eigenvalue weighted by Gasteiger charge is 2.52. The van der Waals surface area contributed by atoms with E-state index in [0.29, 0.717) is 13.0 Å². The standard InChI is InChI=1S/C22H24F5N5O4/c1-12(30-8-18(29-2)35-11-22(25,26)27)19(33)31-13-3-4-16(24)14(7-13)21(10-23)15-9-34-6-5-17(15)36-20(28)32-21/h3-4,7-8,15,17H,2,5-6,9-11H2,1H3,(H2,28,32)(H,31,33)/b18-8+,30-12?/t15-,17+,21+/m0/s1. The van der Waals surface area contributed by atoms with Gasteiger partial charge < -0.3 is 25.3 Å². The van der Waals surface area contributed by atoms with Crippen molar-refractivity contribution in [1.29, 1.82) is 0 Å². The number of rotatable bonds is 8. The Bertz CT molecular complexity index is 1090. The molecule has 2 aliphatic heterocycles. The van der Waals surface area contributed by atoms with Crippen molar-refractivity contribution >= 4 is 30.0 Å². The predicted octanol–water partition coefficient (Wildman–Crippen LogP) is 3.22. The molecule has 36 heavy (non-hydrogen) atoms. The maximum atomic E-state index is 15.0. The zero-order chi connectivity index (χ0) is 26.5. The fourth-order valence-electron chi connectivity index (χ4n) is 3.87. The molecule has 2 heterocycles. The zero-order valence-electron chi connectivity index (χ0n) is 19.1. The minimum atomic E-state index is -4.60. The number of fused-ring (bicyclic) bond motifs is 1. The van der Waals surface area contributed by atoms with Gasteiger partial charge in [-0.2, -0.15) is 13.2 Å². The molecule has 0 aromatic heterocycles. The van der Waals surface area contributed by atoms with Gasteiger partial charge in [0, 0.05) is 17.7 Å². The van der Waals surface area contributed by atoms with Crippen molar-refractivity contribution < 1.29 is 41.0 Å². The van der Waals surface area contributed by atoms with Crippen LogP contribution >= 0.6 is 0 Å². The Morgan fingerprint density at radius 1 is 1.44 bits per heavy atom. The summed E-state index contributed by atoms with van der Waals surface area (Å²) in [5.74, 6) is -2.76. The molecule has 196 valence electrons. The lowest BCUT2D eigenvalue weighted by Gasteiger charge is -2.45. The smallest absolute Gasteiger partial charge is 0.422 e. The van der Waals surface area contributed by atoms with Gasteiger partial charge >= 0.3 is 6.18 Å². The lowest BCUT2D eigenvalue weighted by molar-refractivity contribution is -0.164. The number of amidine groups is 1. The number of aliphatic imine (C=N–C) groups is 3. The summed E-state index contributed by atoms with van der Waals surface area (Å²) >= 11 is 0. The van der Waals surface area contributed by atoms with Gasteiger partial charge in [0.15, 0.2) is 6.61 Å². The number of nitrogens with one attached hydrogen (secondary N) is 1. The number of carbonyl (C=O) groups is 1. The Balaban J connectivity index is 1.84. The molecule has 0 bridgehead atoms. The van der Waals surface area contributed by atoms with Gasteiger partial charge in [-0.05, 0) is 31.8 Å². The largest absolute Gasteiger partial charge is 0.467 e. The number of amides is 1. The summed E-state index contributed by atoms with van der Waals surface area (Å²) in [6.07, 6.45) is -3.92. The van der Waals surface area contributed by atoms with Crippen LogP contribution in [0.4, 0.5) is 27.6 Å². The first-order valence-corrected chi connectivity index (χ1v) is 10.7. The summed E-state index contributed by atoms with van der Waals surface area (Å²) in [6.45, 7) is 2.07. The van der Waals surface area contributed by atoms with Gasteiger partial charge in [-0.15, -0.1) is 0 Å². The predicted molar refractivity (Wildman–Crippen MR) is 121 cm³/mol. The highest BCUT2D eigenvalue weighted by molar-refractivity contribution is 6.42. The molecule has 14 heteroatoms. The molecule has 1 aromatic rings. The Morgan fingerprint density at radius 3 is 2.86 bits per heavy atom. The number of hydrogen-bond acceptors (Lipinski definition) is 8. The number of anilines is 1. The van der Waals surface area contributed by atoms with Crippen LogP contribution in [0, 0.1) is 11.7 Å². The Labute approximate surface area is 202 Å². The lowest BCUT2D eigenvalue weighted by atomic mass is 9.74. The number of hydrogen-bond donors (Lipinski definition) is 2. The van der Waals surface area contributed by atoms with Crippen LogP contribution in [0.1, 0.15) is 18.9 Å². The average Bonchev–Trinajstić information content (AvgIpc) is 2.83. The van der Waals surface area contributed by atoms with Crippen LogP contribution in [0.15, 0.2) is 45.3 Å². The van der Waals surface area contributed by atoms with Crippen LogP contribution in [-0.2, 0) is 24.5 Å². The fraction of sp³-hybridized carbons (Fsp3) is 0.455. The first-order chi connectivity index (χ1) is 17.0. The highest BCUT2D eigenvalue weighted by atomic mass is 19.4. The maximum absolute atomic E-state index is 15.0. The van der Waals surface area contributed by atoms with E-state index in [1.54, 1.807) is 0 Å². The van der Waals surface area contributed by atoms with E-state index in [9.17, 15) is 26.7 Å². The van der Waals surface area contributed by atoms with Crippen molar-refractivity contribution in [2.75, 3.05) is 31.8 Å². The van der Waals surface area contributed by atoms with Gasteiger partial charge in [-0.3, -0.25) is 9.79 Å². The van der Waals surface area contributed by atoms with Crippen molar-refractivity contribution in [2.45, 2.75) is 31.2 Å². The molecule has 0 aliphatic carbocycles. The Kier molecular flexibility index (Phi) is 8.28. The maximum Gasteiger partial charge on any atom is 0.422 e. The Hall–Kier alpha value is -3.55. The molecule has 1 fully saturated rings. The second kappa shape index (κ2) is 11.0. The minimum absolute atomic E-state index is 0.0651. The molecular formula is C22H24F5N5O4. The number of halogens is 5. The SMILES string of the molecule is C=N/C(=C\N=C(C)C(=O)Nc1ccc(F)c([C@@]2(CF)N=C(N)O[C@@H]3CCOC[C@@H]32)c1)OCC(F)(F)F. The van der Waals surface area contributed by atoms with E-state index in [0.717, 1.165) is 12.3 Å². The molecule has 1 saturated heterocycles. The van der Waals surface area contributed by atoms with E-state index in [2.05, 4.69) is 31.7 Å². The summed E-state index contributed by atoms with van der Waals surface area (Å²) in [5.41, 5.74) is 3.79. The topological polar surface area (TPSA) is 120 Å². The van der Waals surface area contributed by atoms with Crippen LogP contribution < -0.4 is 11.1 Å². The molecule has 3 atom stereocenters. The van der Waals surface area contributed by atoms with Crippen molar-refractivity contribution in [3.8, 4) is 0 Å². The third kappa shape index (κ3) is 6.17. The highest BCUT2D eigenvalue weighted by Crippen LogP contribution is 2.44. The van der Waals surface area contributed by atoms with Crippen LogP contribution in [0.25, 0.3) is 0 Å². The van der Waals surface area contributed by atoms with E-state index in [1.807, 2.05) is 0 Å². The van der Waals surface area contributed by atoms with Gasteiger partial charge in [0.1, 0.15) is 29.8 Å². The number of nitrogens with two attached hydrogens (primary N) is 1.